The van der Waals surface area contributed by atoms with Gasteiger partial charge < -0.3 is 9.80 Å². The molecule has 2 aliphatic rings. The highest BCUT2D eigenvalue weighted by Gasteiger charge is 2.47. The van der Waals surface area contributed by atoms with Crippen molar-refractivity contribution < 1.29 is 4.79 Å². The third kappa shape index (κ3) is 2.76. The van der Waals surface area contributed by atoms with Gasteiger partial charge in [-0.15, -0.1) is 0 Å². The zero-order valence-electron chi connectivity index (χ0n) is 11.3. The molecule has 1 amide bonds. The number of rotatable bonds is 2. The van der Waals surface area contributed by atoms with E-state index in [1.807, 2.05) is 18.7 Å². The number of hydrogen-bond acceptors (Lipinski definition) is 2. The van der Waals surface area contributed by atoms with E-state index in [1.54, 1.807) is 0 Å². The van der Waals surface area contributed by atoms with Crippen molar-refractivity contribution in [3.63, 3.8) is 0 Å². The summed E-state index contributed by atoms with van der Waals surface area (Å²) in [5.41, 5.74) is 0.470. The highest BCUT2D eigenvalue weighted by Crippen LogP contribution is 2.39. The lowest BCUT2D eigenvalue weighted by molar-refractivity contribution is -0.142. The molecule has 0 radical (unpaired) electrons. The SMILES string of the molecule is CC.CCCC(=O)N1CC2(CCN(C)C2)C1. The van der Waals surface area contributed by atoms with Crippen LogP contribution < -0.4 is 0 Å². The molecule has 0 N–H and O–H groups in total. The van der Waals surface area contributed by atoms with Gasteiger partial charge in [0.2, 0.25) is 5.91 Å². The molecule has 1 spiro atoms. The Morgan fingerprint density at radius 3 is 2.31 bits per heavy atom. The predicted octanol–water partition coefficient (Wildman–Crippen LogP) is 1.98. The van der Waals surface area contributed by atoms with Crippen LogP contribution in [0.1, 0.15) is 40.0 Å². The molecule has 16 heavy (non-hydrogen) atoms. The van der Waals surface area contributed by atoms with Crippen molar-refractivity contribution in [2.24, 2.45) is 5.41 Å². The monoisotopic (exact) mass is 226 g/mol. The quantitative estimate of drug-likeness (QED) is 0.719. The van der Waals surface area contributed by atoms with Crippen molar-refractivity contribution in [2.75, 3.05) is 33.2 Å². The van der Waals surface area contributed by atoms with E-state index in [1.165, 1.54) is 19.5 Å². The normalized spacial score (nSPS) is 22.6. The number of amides is 1. The smallest absolute Gasteiger partial charge is 0.222 e. The van der Waals surface area contributed by atoms with Crippen molar-refractivity contribution >= 4 is 5.91 Å². The van der Waals surface area contributed by atoms with Gasteiger partial charge in [0.05, 0.1) is 0 Å². The van der Waals surface area contributed by atoms with Gasteiger partial charge in [0.15, 0.2) is 0 Å². The summed E-state index contributed by atoms with van der Waals surface area (Å²) in [6.45, 7) is 10.5. The van der Waals surface area contributed by atoms with E-state index >= 15 is 0 Å². The number of nitrogens with zero attached hydrogens (tertiary/aromatic N) is 2. The van der Waals surface area contributed by atoms with Crippen LogP contribution in [0, 0.1) is 5.41 Å². The lowest BCUT2D eigenvalue weighted by Gasteiger charge is -2.48. The fraction of sp³-hybridized carbons (Fsp3) is 0.923. The Bertz CT molecular complexity index is 234. The average molecular weight is 226 g/mol. The van der Waals surface area contributed by atoms with E-state index in [2.05, 4.69) is 18.9 Å². The van der Waals surface area contributed by atoms with Gasteiger partial charge in [0, 0.05) is 31.5 Å². The summed E-state index contributed by atoms with van der Waals surface area (Å²) in [5, 5.41) is 0. The van der Waals surface area contributed by atoms with Crippen LogP contribution in [0.3, 0.4) is 0 Å². The highest BCUT2D eigenvalue weighted by atomic mass is 16.2. The first kappa shape index (κ1) is 13.5. The minimum absolute atomic E-state index is 0.354. The van der Waals surface area contributed by atoms with Gasteiger partial charge in [-0.05, 0) is 26.4 Å². The largest absolute Gasteiger partial charge is 0.341 e. The molecule has 0 bridgehead atoms. The summed E-state index contributed by atoms with van der Waals surface area (Å²) in [6.07, 6.45) is 2.98. The van der Waals surface area contributed by atoms with Gasteiger partial charge in [-0.3, -0.25) is 4.79 Å². The molecule has 2 rings (SSSR count). The van der Waals surface area contributed by atoms with Crippen LogP contribution in [0.25, 0.3) is 0 Å². The van der Waals surface area contributed by atoms with Gasteiger partial charge in [0.25, 0.3) is 0 Å². The van der Waals surface area contributed by atoms with Crippen LogP contribution in [-0.2, 0) is 4.79 Å². The van der Waals surface area contributed by atoms with E-state index in [0.717, 1.165) is 25.9 Å². The Kier molecular flexibility index (Phi) is 4.78. The summed E-state index contributed by atoms with van der Waals surface area (Å²) in [7, 11) is 2.17. The van der Waals surface area contributed by atoms with Gasteiger partial charge in [0.1, 0.15) is 0 Å². The van der Waals surface area contributed by atoms with E-state index in [9.17, 15) is 4.79 Å². The lowest BCUT2D eigenvalue weighted by atomic mass is 9.79. The molecule has 0 aliphatic carbocycles. The summed E-state index contributed by atoms with van der Waals surface area (Å²) in [5.74, 6) is 0.354. The second-order valence-corrected chi connectivity index (χ2v) is 4.99. The van der Waals surface area contributed by atoms with E-state index < -0.39 is 0 Å². The van der Waals surface area contributed by atoms with Crippen LogP contribution >= 0.6 is 0 Å². The molecule has 0 unspecified atom stereocenters. The molecular formula is C13H26N2O. The van der Waals surface area contributed by atoms with Crippen molar-refractivity contribution in [2.45, 2.75) is 40.0 Å². The van der Waals surface area contributed by atoms with Crippen molar-refractivity contribution in [3.05, 3.63) is 0 Å². The van der Waals surface area contributed by atoms with Crippen LogP contribution in [0.5, 0.6) is 0 Å². The fourth-order valence-electron chi connectivity index (χ4n) is 2.73. The number of carbonyl (C=O) groups is 1. The van der Waals surface area contributed by atoms with Crippen LogP contribution in [0.4, 0.5) is 0 Å². The molecule has 2 aliphatic heterocycles. The minimum atomic E-state index is 0.354. The first-order valence-electron chi connectivity index (χ1n) is 6.61. The molecule has 94 valence electrons. The molecule has 0 aromatic carbocycles. The molecule has 2 fully saturated rings. The van der Waals surface area contributed by atoms with Crippen LogP contribution in [0.2, 0.25) is 0 Å². The summed E-state index contributed by atoms with van der Waals surface area (Å²) < 4.78 is 0. The lowest BCUT2D eigenvalue weighted by Crippen LogP contribution is -2.59. The Hall–Kier alpha value is -0.570. The Labute approximate surface area is 99.8 Å². The first-order valence-corrected chi connectivity index (χ1v) is 6.61. The zero-order chi connectivity index (χ0) is 12.2. The number of likely N-dealkylation sites (tertiary alicyclic amines) is 2. The topological polar surface area (TPSA) is 23.6 Å². The Balaban J connectivity index is 0.000000606. The predicted molar refractivity (Wildman–Crippen MR) is 67.4 cm³/mol. The third-order valence-corrected chi connectivity index (χ3v) is 3.50. The molecule has 0 aromatic rings. The zero-order valence-corrected chi connectivity index (χ0v) is 11.3. The number of carbonyl (C=O) groups excluding carboxylic acids is 1. The molecule has 0 atom stereocenters. The molecule has 2 heterocycles. The van der Waals surface area contributed by atoms with E-state index in [4.69, 9.17) is 0 Å². The Morgan fingerprint density at radius 1 is 1.25 bits per heavy atom. The second kappa shape index (κ2) is 5.67. The molecule has 3 heteroatoms. The van der Waals surface area contributed by atoms with Crippen LogP contribution in [-0.4, -0.2) is 48.9 Å². The highest BCUT2D eigenvalue weighted by molar-refractivity contribution is 5.77. The first-order chi connectivity index (χ1) is 7.65. The second-order valence-electron chi connectivity index (χ2n) is 4.99. The van der Waals surface area contributed by atoms with Gasteiger partial charge >= 0.3 is 0 Å². The summed E-state index contributed by atoms with van der Waals surface area (Å²) in [6, 6.07) is 0. The van der Waals surface area contributed by atoms with E-state index in [0.29, 0.717) is 11.3 Å². The minimum Gasteiger partial charge on any atom is -0.341 e. The average Bonchev–Trinajstić information content (AvgIpc) is 2.62. The van der Waals surface area contributed by atoms with Gasteiger partial charge in [-0.2, -0.15) is 0 Å². The molecule has 0 aromatic heterocycles. The Morgan fingerprint density at radius 2 is 1.88 bits per heavy atom. The van der Waals surface area contributed by atoms with Gasteiger partial charge in [-0.1, -0.05) is 20.8 Å². The number of hydrogen-bond donors (Lipinski definition) is 0. The maximum Gasteiger partial charge on any atom is 0.222 e. The fourth-order valence-corrected chi connectivity index (χ4v) is 2.73. The summed E-state index contributed by atoms with van der Waals surface area (Å²) in [4.78, 5) is 16.0. The summed E-state index contributed by atoms with van der Waals surface area (Å²) >= 11 is 0. The van der Waals surface area contributed by atoms with Gasteiger partial charge in [-0.25, -0.2) is 0 Å². The maximum atomic E-state index is 11.6. The molecular weight excluding hydrogens is 200 g/mol. The van der Waals surface area contributed by atoms with Crippen molar-refractivity contribution in [1.82, 2.24) is 9.80 Å². The maximum absolute atomic E-state index is 11.6. The van der Waals surface area contributed by atoms with Crippen LogP contribution in [0.15, 0.2) is 0 Å². The molecule has 3 nitrogen and oxygen atoms in total. The molecule has 0 saturated carbocycles. The van der Waals surface area contributed by atoms with Crippen molar-refractivity contribution in [3.8, 4) is 0 Å². The molecule has 2 saturated heterocycles. The standard InChI is InChI=1S/C11H20N2O.C2H6/c1-3-4-10(14)13-8-11(9-13)5-6-12(2)7-11;1-2/h3-9H2,1-2H3;1-2H3. The van der Waals surface area contributed by atoms with Crippen molar-refractivity contribution in [1.29, 1.82) is 0 Å². The third-order valence-electron chi connectivity index (χ3n) is 3.50. The van der Waals surface area contributed by atoms with E-state index in [-0.39, 0.29) is 0 Å².